The first-order valence-electron chi connectivity index (χ1n) is 26.5. The third kappa shape index (κ3) is 4.40. The lowest BCUT2D eigenvalue weighted by molar-refractivity contribution is 0.669. The largest absolute Gasteiger partial charge is 0.456 e. The van der Waals surface area contributed by atoms with Crippen molar-refractivity contribution in [2.75, 3.05) is 4.90 Å². The molecule has 2 nitrogen and oxygen atoms in total. The van der Waals surface area contributed by atoms with Gasteiger partial charge in [0.1, 0.15) is 11.2 Å². The molecule has 0 aliphatic heterocycles. The zero-order valence-electron chi connectivity index (χ0n) is 49.3. The lowest BCUT2D eigenvalue weighted by atomic mass is 10.0. The van der Waals surface area contributed by atoms with Gasteiger partial charge in [-0.15, -0.1) is 11.3 Å². The minimum absolute atomic E-state index is 0.231. The molecule has 7 aromatic carbocycles. The van der Waals surface area contributed by atoms with Crippen LogP contribution in [0.4, 0.5) is 17.1 Å². The fraction of sp³-hybridized carbons (Fsp3) is 0. The summed E-state index contributed by atoms with van der Waals surface area (Å²) in [6, 6.07) is -24.7. The predicted molar refractivity (Wildman–Crippen MR) is 192 cm³/mol. The molecule has 212 valence electrons. The average molecular weight is 621 g/mol. The number of hydrogen-bond donors (Lipinski definition) is 0. The van der Waals surface area contributed by atoms with Gasteiger partial charge in [0.2, 0.25) is 0 Å². The lowest BCUT2D eigenvalue weighted by Crippen LogP contribution is -2.10. The third-order valence-electron chi connectivity index (χ3n) is 6.71. The second-order valence-corrected chi connectivity index (χ2v) is 10.3. The molecule has 3 heteroatoms. The van der Waals surface area contributed by atoms with Gasteiger partial charge < -0.3 is 9.32 Å². The average Bonchev–Trinajstić information content (AvgIpc) is 3.96. The van der Waals surface area contributed by atoms with Gasteiger partial charge in [-0.25, -0.2) is 0 Å². The highest BCUT2D eigenvalue weighted by molar-refractivity contribution is 7.26. The van der Waals surface area contributed by atoms with Gasteiger partial charge in [-0.3, -0.25) is 0 Å². The Morgan fingerprint density at radius 1 is 0.444 bits per heavy atom. The van der Waals surface area contributed by atoms with E-state index in [0.717, 1.165) is 0 Å². The van der Waals surface area contributed by atoms with Crippen molar-refractivity contribution in [1.29, 1.82) is 0 Å². The first-order valence-corrected chi connectivity index (χ1v) is 13.8. The number of hydrogen-bond acceptors (Lipinski definition) is 3. The summed E-state index contributed by atoms with van der Waals surface area (Å²) in [4.78, 5) is 0.509. The molecule has 0 aliphatic rings. The topological polar surface area (TPSA) is 16.4 Å². The van der Waals surface area contributed by atoms with E-state index in [1.165, 1.54) is 0 Å². The second kappa shape index (κ2) is 10.5. The molecule has 0 saturated heterocycles. The Morgan fingerprint density at radius 3 is 1.80 bits per heavy atom. The molecule has 0 atom stereocenters. The van der Waals surface area contributed by atoms with E-state index in [1.54, 1.807) is 0 Å². The van der Waals surface area contributed by atoms with E-state index in [4.69, 9.17) is 27.7 Å². The third-order valence-corrected chi connectivity index (χ3v) is 7.73. The minimum atomic E-state index is -1.18. The first kappa shape index (κ1) is 10.5. The number of anilines is 3. The van der Waals surface area contributed by atoms with E-state index in [-0.39, 0.29) is 9.40 Å². The number of fused-ring (bicyclic) bond motifs is 6. The quantitative estimate of drug-likeness (QED) is 0.190. The molecule has 0 aliphatic carbocycles. The van der Waals surface area contributed by atoms with Crippen LogP contribution < -0.4 is 4.90 Å². The Kier molecular flexibility index (Phi) is 2.45. The fourth-order valence-corrected chi connectivity index (χ4v) is 5.70. The Bertz CT molecular complexity index is 3940. The number of benzene rings is 7. The van der Waals surface area contributed by atoms with Gasteiger partial charge in [0, 0.05) is 42.3 Å². The molecular weight excluding hydrogens is 567 g/mol. The minimum Gasteiger partial charge on any atom is -0.456 e. The lowest BCUT2D eigenvalue weighted by Gasteiger charge is -2.27. The molecule has 0 fully saturated rings. The van der Waals surface area contributed by atoms with Gasteiger partial charge in [0.05, 0.1) is 42.7 Å². The van der Waals surface area contributed by atoms with Crippen LogP contribution >= 0.6 is 11.3 Å². The molecular formula is C42H27NOS. The number of rotatable bonds is 5. The smallest absolute Gasteiger partial charge is 0.135 e. The van der Waals surface area contributed by atoms with Crippen molar-refractivity contribution in [3.05, 3.63) is 163 Å². The monoisotopic (exact) mass is 620 g/mol. The number of para-hydroxylation sites is 1. The summed E-state index contributed by atoms with van der Waals surface area (Å²) in [5.74, 6) is 0. The SMILES string of the molecule is [2H]c1c([2H])c([2H])c(-c2c([2H])c([2H])c(N(c3c([2H])c([2H])c(-c4c([2H])c([2H])c5oc6c([2H])c([2H])c([2H])c([2H])c6c5c4[2H])c([2H])c3[2H])c3c([2H])c([2H])c([2H])c4sc5c([2H])c([2H])c([2H])c([2H])c5c34)c([2H])c2[2H])c([2H])c1[2H]. The number of thiophene rings is 1. The van der Waals surface area contributed by atoms with E-state index in [1.807, 2.05) is 0 Å². The van der Waals surface area contributed by atoms with Crippen molar-refractivity contribution in [3.63, 3.8) is 0 Å². The summed E-state index contributed by atoms with van der Waals surface area (Å²) in [6.45, 7) is 0. The number of furan rings is 1. The Morgan fingerprint density at radius 2 is 1.02 bits per heavy atom. The molecule has 0 saturated carbocycles. The van der Waals surface area contributed by atoms with Crippen LogP contribution in [-0.2, 0) is 0 Å². The Labute approximate surface area is 303 Å². The van der Waals surface area contributed by atoms with Gasteiger partial charge >= 0.3 is 0 Å². The zero-order chi connectivity index (χ0) is 53.2. The van der Waals surface area contributed by atoms with Crippen molar-refractivity contribution < 1.29 is 41.4 Å². The normalized spacial score (nSPS) is 20.0. The first-order chi connectivity index (χ1) is 33.6. The van der Waals surface area contributed by atoms with Crippen LogP contribution in [0.3, 0.4) is 0 Å². The van der Waals surface area contributed by atoms with Crippen molar-refractivity contribution in [1.82, 2.24) is 0 Å². The van der Waals surface area contributed by atoms with Crippen LogP contribution in [0.1, 0.15) is 37.0 Å². The van der Waals surface area contributed by atoms with Crippen LogP contribution in [0.15, 0.2) is 168 Å². The van der Waals surface area contributed by atoms with Gasteiger partial charge in [-0.1, -0.05) is 103 Å². The van der Waals surface area contributed by atoms with Gasteiger partial charge in [-0.05, 0) is 82.7 Å². The maximum Gasteiger partial charge on any atom is 0.135 e. The Balaban J connectivity index is 1.48. The summed E-state index contributed by atoms with van der Waals surface area (Å²) < 4.78 is 245. The standard InChI is InChI=1S/C42H27NOS/c1-2-9-28(10-3-1)29-17-22-32(23-18-29)43(37-13-8-16-41-42(37)35-12-5-7-15-40(35)45-41)33-24-19-30(20-25-33)31-21-26-39-36(27-31)34-11-4-6-14-38(34)44-39/h1-27H/i1D,2D,3D,4D,5D,6D,7D,8D,9D,10D,11D,12D,13D,14D,15D,16D,17D,18D,19D,20D,21D,22D,23D,24D,25D,26D,27D. The summed E-state index contributed by atoms with van der Waals surface area (Å²) in [6.07, 6.45) is 0. The van der Waals surface area contributed by atoms with Gasteiger partial charge in [0.25, 0.3) is 0 Å². The van der Waals surface area contributed by atoms with Crippen LogP contribution in [0.5, 0.6) is 0 Å². The summed E-state index contributed by atoms with van der Waals surface area (Å²) in [5, 5.41) is -1.73. The molecule has 2 aromatic heterocycles. The summed E-state index contributed by atoms with van der Waals surface area (Å²) in [5.41, 5.74) is -7.14. The molecule has 0 amide bonds. The molecule has 0 spiro atoms. The van der Waals surface area contributed by atoms with Crippen LogP contribution in [0, 0.1) is 0 Å². The van der Waals surface area contributed by atoms with Crippen molar-refractivity contribution in [2.24, 2.45) is 0 Å². The number of nitrogens with zero attached hydrogens (tertiary/aromatic N) is 1. The van der Waals surface area contributed by atoms with Crippen molar-refractivity contribution >= 4 is 70.5 Å². The van der Waals surface area contributed by atoms with E-state index in [9.17, 15) is 13.7 Å². The van der Waals surface area contributed by atoms with E-state index < -0.39 is 235 Å². The van der Waals surface area contributed by atoms with Crippen LogP contribution in [0.25, 0.3) is 64.4 Å². The zero-order valence-corrected chi connectivity index (χ0v) is 23.1. The maximum atomic E-state index is 9.60. The van der Waals surface area contributed by atoms with Crippen LogP contribution in [0.2, 0.25) is 0 Å². The van der Waals surface area contributed by atoms with E-state index in [2.05, 4.69) is 0 Å². The molecule has 2 heterocycles. The van der Waals surface area contributed by atoms with E-state index >= 15 is 0 Å². The predicted octanol–water partition coefficient (Wildman–Crippen LogP) is 12.8. The highest BCUT2D eigenvalue weighted by Gasteiger charge is 2.19. The summed E-state index contributed by atoms with van der Waals surface area (Å²) in [7, 11) is 0. The highest BCUT2D eigenvalue weighted by Crippen LogP contribution is 2.45. The van der Waals surface area contributed by atoms with Gasteiger partial charge in [-0.2, -0.15) is 0 Å². The molecule has 0 unspecified atom stereocenters. The van der Waals surface area contributed by atoms with Crippen molar-refractivity contribution in [2.45, 2.75) is 0 Å². The Hall–Kier alpha value is -5.64. The second-order valence-electron chi connectivity index (χ2n) is 9.28. The molecule has 45 heavy (non-hydrogen) atoms. The van der Waals surface area contributed by atoms with Crippen LogP contribution in [-0.4, -0.2) is 0 Å². The molecule has 9 aromatic rings. The highest BCUT2D eigenvalue weighted by atomic mass is 32.1. The molecule has 9 rings (SSSR count). The fourth-order valence-electron chi connectivity index (χ4n) is 4.74. The van der Waals surface area contributed by atoms with E-state index in [0.29, 0.717) is 16.2 Å². The molecule has 0 N–H and O–H groups in total. The maximum absolute atomic E-state index is 9.60. The summed E-state index contributed by atoms with van der Waals surface area (Å²) >= 11 is 0.572. The molecule has 0 bridgehead atoms. The van der Waals surface area contributed by atoms with Crippen molar-refractivity contribution in [3.8, 4) is 22.3 Å². The van der Waals surface area contributed by atoms with Gasteiger partial charge in [0.15, 0.2) is 0 Å². The molecule has 0 radical (unpaired) electrons.